The molecule has 0 spiro atoms. The fourth-order valence-corrected chi connectivity index (χ4v) is 4.05. The van der Waals surface area contributed by atoms with E-state index in [1.807, 2.05) is 0 Å². The third kappa shape index (κ3) is 3.77. The SMILES string of the molecule is COC(=O)c1cc([N+](=O)[O-])cc(Cl)c1Sc1nnc(NC2CC2)s1. The van der Waals surface area contributed by atoms with Gasteiger partial charge in [0.15, 0.2) is 4.34 Å². The maximum absolute atomic E-state index is 11.9. The van der Waals surface area contributed by atoms with Crippen molar-refractivity contribution >= 4 is 51.5 Å². The predicted molar refractivity (Wildman–Crippen MR) is 90.1 cm³/mol. The molecular formula is C13H11ClN4O4S2. The van der Waals surface area contributed by atoms with Gasteiger partial charge in [-0.25, -0.2) is 4.79 Å². The number of nitrogens with zero attached hydrogens (tertiary/aromatic N) is 3. The number of esters is 1. The molecule has 2 aromatic rings. The van der Waals surface area contributed by atoms with Crippen molar-refractivity contribution < 1.29 is 14.5 Å². The number of anilines is 1. The molecule has 11 heteroatoms. The maximum atomic E-state index is 11.9. The molecule has 0 radical (unpaired) electrons. The van der Waals surface area contributed by atoms with Gasteiger partial charge in [-0.2, -0.15) is 0 Å². The zero-order valence-corrected chi connectivity index (χ0v) is 14.7. The summed E-state index contributed by atoms with van der Waals surface area (Å²) in [4.78, 5) is 22.6. The van der Waals surface area contributed by atoms with E-state index in [1.165, 1.54) is 24.5 Å². The molecule has 126 valence electrons. The van der Waals surface area contributed by atoms with E-state index >= 15 is 0 Å². The lowest BCUT2D eigenvalue weighted by Crippen LogP contribution is -2.05. The van der Waals surface area contributed by atoms with E-state index in [0.29, 0.717) is 20.4 Å². The van der Waals surface area contributed by atoms with Crippen LogP contribution in [0, 0.1) is 10.1 Å². The van der Waals surface area contributed by atoms with Crippen molar-refractivity contribution in [2.24, 2.45) is 0 Å². The Morgan fingerprint density at radius 2 is 2.25 bits per heavy atom. The van der Waals surface area contributed by atoms with Crippen molar-refractivity contribution in [2.75, 3.05) is 12.4 Å². The molecule has 1 aromatic carbocycles. The van der Waals surface area contributed by atoms with E-state index in [4.69, 9.17) is 16.3 Å². The first kappa shape index (κ1) is 16.9. The number of hydrogen-bond acceptors (Lipinski definition) is 9. The highest BCUT2D eigenvalue weighted by Gasteiger charge is 2.25. The van der Waals surface area contributed by atoms with Crippen molar-refractivity contribution in [3.63, 3.8) is 0 Å². The lowest BCUT2D eigenvalue weighted by Gasteiger charge is -2.08. The van der Waals surface area contributed by atoms with Crippen LogP contribution in [0.5, 0.6) is 0 Å². The van der Waals surface area contributed by atoms with Crippen LogP contribution < -0.4 is 5.32 Å². The Morgan fingerprint density at radius 1 is 1.50 bits per heavy atom. The average Bonchev–Trinajstić information content (AvgIpc) is 3.25. The monoisotopic (exact) mass is 386 g/mol. The molecule has 1 aliphatic carbocycles. The Balaban J connectivity index is 1.91. The predicted octanol–water partition coefficient (Wildman–Crippen LogP) is 3.61. The van der Waals surface area contributed by atoms with Crippen LogP contribution in [-0.2, 0) is 4.74 Å². The highest BCUT2D eigenvalue weighted by atomic mass is 35.5. The molecule has 24 heavy (non-hydrogen) atoms. The summed E-state index contributed by atoms with van der Waals surface area (Å²) < 4.78 is 5.26. The van der Waals surface area contributed by atoms with Gasteiger partial charge in [0.1, 0.15) is 0 Å². The number of hydrogen-bond donors (Lipinski definition) is 1. The molecule has 0 bridgehead atoms. The van der Waals surface area contributed by atoms with Gasteiger partial charge in [0.25, 0.3) is 5.69 Å². The van der Waals surface area contributed by atoms with Crippen molar-refractivity contribution in [3.8, 4) is 0 Å². The van der Waals surface area contributed by atoms with Gasteiger partial charge in [0.2, 0.25) is 5.13 Å². The number of methoxy groups -OCH3 is 1. The molecule has 1 aliphatic rings. The first-order valence-electron chi connectivity index (χ1n) is 6.82. The van der Waals surface area contributed by atoms with E-state index in [9.17, 15) is 14.9 Å². The smallest absolute Gasteiger partial charge is 0.339 e. The molecule has 0 unspecified atom stereocenters. The lowest BCUT2D eigenvalue weighted by molar-refractivity contribution is -0.384. The molecule has 3 rings (SSSR count). The molecule has 0 saturated heterocycles. The lowest BCUT2D eigenvalue weighted by atomic mass is 10.2. The van der Waals surface area contributed by atoms with Crippen molar-refractivity contribution in [1.29, 1.82) is 0 Å². The summed E-state index contributed by atoms with van der Waals surface area (Å²) in [5, 5.41) is 23.0. The average molecular weight is 387 g/mol. The molecule has 1 N–H and O–H groups in total. The largest absolute Gasteiger partial charge is 0.465 e. The zero-order chi connectivity index (χ0) is 17.3. The molecule has 8 nitrogen and oxygen atoms in total. The van der Waals surface area contributed by atoms with Crippen molar-refractivity contribution in [2.45, 2.75) is 28.1 Å². The summed E-state index contributed by atoms with van der Waals surface area (Å²) in [6.45, 7) is 0. The standard InChI is InChI=1S/C13H11ClN4O4S2/c1-22-11(19)8-4-7(18(20)21)5-9(14)10(8)23-13-17-16-12(24-13)15-6-2-3-6/h4-6H,2-3H2,1H3,(H,15,16). The van der Waals surface area contributed by atoms with Crippen LogP contribution in [0.3, 0.4) is 0 Å². The Bertz CT molecular complexity index is 809. The van der Waals surface area contributed by atoms with Gasteiger partial charge >= 0.3 is 5.97 Å². The van der Waals surface area contributed by atoms with Gasteiger partial charge in [-0.1, -0.05) is 34.7 Å². The minimum Gasteiger partial charge on any atom is -0.465 e. The highest BCUT2D eigenvalue weighted by Crippen LogP contribution is 2.41. The number of nitro groups is 1. The third-order valence-electron chi connectivity index (χ3n) is 3.15. The number of halogens is 1. The molecule has 1 saturated carbocycles. The van der Waals surface area contributed by atoms with Crippen LogP contribution in [0.1, 0.15) is 23.2 Å². The van der Waals surface area contributed by atoms with Crippen LogP contribution in [0.4, 0.5) is 10.8 Å². The second-order valence-electron chi connectivity index (χ2n) is 4.95. The van der Waals surface area contributed by atoms with Crippen LogP contribution in [0.25, 0.3) is 0 Å². The summed E-state index contributed by atoms with van der Waals surface area (Å²) in [5.74, 6) is -0.705. The van der Waals surface area contributed by atoms with E-state index in [1.54, 1.807) is 0 Å². The molecule has 0 amide bonds. The third-order valence-corrected chi connectivity index (χ3v) is 5.60. The minimum absolute atomic E-state index is 0.0219. The Kier molecular flexibility index (Phi) is 4.88. The number of carbonyl (C=O) groups is 1. The highest BCUT2D eigenvalue weighted by molar-refractivity contribution is 8.01. The molecule has 0 aliphatic heterocycles. The number of ether oxygens (including phenoxy) is 1. The number of aromatic nitrogens is 2. The molecule has 1 aromatic heterocycles. The van der Waals surface area contributed by atoms with Crippen molar-refractivity contribution in [1.82, 2.24) is 10.2 Å². The van der Waals surface area contributed by atoms with Crippen molar-refractivity contribution in [3.05, 3.63) is 32.8 Å². The van der Waals surface area contributed by atoms with E-state index in [2.05, 4.69) is 15.5 Å². The van der Waals surface area contributed by atoms with Gasteiger partial charge in [-0.15, -0.1) is 10.2 Å². The van der Waals surface area contributed by atoms with Crippen LogP contribution in [-0.4, -0.2) is 34.2 Å². The molecular weight excluding hydrogens is 376 g/mol. The number of non-ortho nitro benzene ring substituents is 1. The summed E-state index contributed by atoms with van der Waals surface area (Å²) in [6.07, 6.45) is 2.23. The maximum Gasteiger partial charge on any atom is 0.339 e. The molecule has 1 fully saturated rings. The Morgan fingerprint density at radius 3 is 2.88 bits per heavy atom. The van der Waals surface area contributed by atoms with Crippen LogP contribution >= 0.6 is 34.7 Å². The second-order valence-corrected chi connectivity index (χ2v) is 7.59. The van der Waals surface area contributed by atoms with E-state index in [-0.39, 0.29) is 16.3 Å². The van der Waals surface area contributed by atoms with Gasteiger partial charge < -0.3 is 10.1 Å². The zero-order valence-electron chi connectivity index (χ0n) is 12.3. The normalized spacial score (nSPS) is 13.6. The topological polar surface area (TPSA) is 107 Å². The fourth-order valence-electron chi connectivity index (χ4n) is 1.85. The molecule has 1 heterocycles. The van der Waals surface area contributed by atoms with Gasteiger partial charge in [-0.3, -0.25) is 10.1 Å². The first-order valence-corrected chi connectivity index (χ1v) is 8.83. The Labute approximate surface area is 149 Å². The summed E-state index contributed by atoms with van der Waals surface area (Å²) in [6, 6.07) is 2.79. The Hall–Kier alpha value is -1.91. The van der Waals surface area contributed by atoms with Crippen LogP contribution in [0.15, 0.2) is 21.4 Å². The van der Waals surface area contributed by atoms with Gasteiger partial charge in [-0.05, 0) is 12.8 Å². The van der Waals surface area contributed by atoms with Gasteiger partial charge in [0.05, 0.1) is 22.6 Å². The number of benzene rings is 1. The van der Waals surface area contributed by atoms with Crippen LogP contribution in [0.2, 0.25) is 5.02 Å². The number of nitro benzene ring substituents is 1. The quantitative estimate of drug-likeness (QED) is 0.455. The number of nitrogens with one attached hydrogen (secondary N) is 1. The summed E-state index contributed by atoms with van der Waals surface area (Å²) >= 11 is 8.59. The summed E-state index contributed by atoms with van der Waals surface area (Å²) in [5.41, 5.74) is -0.258. The number of carbonyl (C=O) groups excluding carboxylic acids is 1. The van der Waals surface area contributed by atoms with E-state index in [0.717, 1.165) is 30.7 Å². The fraction of sp³-hybridized carbons (Fsp3) is 0.308. The summed E-state index contributed by atoms with van der Waals surface area (Å²) in [7, 11) is 1.20. The second kappa shape index (κ2) is 6.91. The van der Waals surface area contributed by atoms with Gasteiger partial charge in [0, 0.05) is 23.1 Å². The minimum atomic E-state index is -0.705. The first-order chi connectivity index (χ1) is 11.5. The van der Waals surface area contributed by atoms with E-state index < -0.39 is 10.9 Å². The molecule has 0 atom stereocenters. The number of rotatable bonds is 6.